The van der Waals surface area contributed by atoms with E-state index in [9.17, 15) is 9.59 Å². The molecule has 2 amide bonds. The van der Waals surface area contributed by atoms with E-state index in [0.717, 1.165) is 15.8 Å². The number of aromatic nitrogens is 1. The smallest absolute Gasteiger partial charge is 0.410 e. The topological polar surface area (TPSA) is 62.7 Å². The normalized spacial score (nSPS) is 24.4. The Balaban J connectivity index is 1.58. The first-order chi connectivity index (χ1) is 10.5. The quantitative estimate of drug-likeness (QED) is 0.782. The highest BCUT2D eigenvalue weighted by atomic mass is 32.2. The van der Waals surface area contributed by atoms with E-state index in [-0.39, 0.29) is 12.0 Å². The van der Waals surface area contributed by atoms with Crippen LogP contribution in [-0.4, -0.2) is 64.8 Å². The zero-order valence-electron chi connectivity index (χ0n) is 12.7. The van der Waals surface area contributed by atoms with Gasteiger partial charge in [0.15, 0.2) is 5.60 Å². The number of ether oxygens (including phenoxy) is 1. The van der Waals surface area contributed by atoms with Crippen molar-refractivity contribution >= 4 is 35.1 Å². The third-order valence-electron chi connectivity index (χ3n) is 3.94. The van der Waals surface area contributed by atoms with Crippen LogP contribution in [0.5, 0.6) is 0 Å². The lowest BCUT2D eigenvalue weighted by Crippen LogP contribution is -2.39. The summed E-state index contributed by atoms with van der Waals surface area (Å²) in [7, 11) is 1.73. The highest BCUT2D eigenvalue weighted by Crippen LogP contribution is 2.32. The first-order valence-electron chi connectivity index (χ1n) is 7.30. The molecule has 0 unspecified atom stereocenters. The minimum atomic E-state index is -0.507. The van der Waals surface area contributed by atoms with Crippen molar-refractivity contribution < 1.29 is 14.3 Å². The van der Waals surface area contributed by atoms with Crippen molar-refractivity contribution in [3.63, 3.8) is 0 Å². The molecule has 22 heavy (non-hydrogen) atoms. The van der Waals surface area contributed by atoms with Crippen molar-refractivity contribution in [2.24, 2.45) is 0 Å². The van der Waals surface area contributed by atoms with E-state index in [0.29, 0.717) is 32.5 Å². The lowest BCUT2D eigenvalue weighted by Gasteiger charge is -2.21. The largest absolute Gasteiger partial charge is 0.439 e. The fourth-order valence-corrected chi connectivity index (χ4v) is 4.63. The summed E-state index contributed by atoms with van der Waals surface area (Å²) < 4.78 is 6.47. The summed E-state index contributed by atoms with van der Waals surface area (Å²) in [4.78, 5) is 31.8. The summed E-state index contributed by atoms with van der Waals surface area (Å²) in [6, 6.07) is 0. The fraction of sp³-hybridized carbons (Fsp3) is 0.643. The van der Waals surface area contributed by atoms with Crippen molar-refractivity contribution in [3.8, 4) is 0 Å². The maximum atomic E-state index is 12.4. The molecule has 1 atom stereocenters. The van der Waals surface area contributed by atoms with Crippen LogP contribution in [-0.2, 0) is 16.0 Å². The number of amides is 2. The van der Waals surface area contributed by atoms with Crippen molar-refractivity contribution in [1.82, 2.24) is 14.8 Å². The highest BCUT2D eigenvalue weighted by Gasteiger charge is 2.49. The second-order valence-corrected chi connectivity index (χ2v) is 8.06. The van der Waals surface area contributed by atoms with E-state index < -0.39 is 5.60 Å². The number of thioether (sulfide) groups is 1. The first-order valence-corrected chi connectivity index (χ1v) is 9.17. The summed E-state index contributed by atoms with van der Waals surface area (Å²) in [5.41, 5.74) is 0.319. The van der Waals surface area contributed by atoms with Gasteiger partial charge in [-0.15, -0.1) is 11.3 Å². The Hall–Kier alpha value is -1.28. The lowest BCUT2D eigenvalue weighted by atomic mass is 10.0. The maximum Gasteiger partial charge on any atom is 0.410 e. The second kappa shape index (κ2) is 6.08. The number of carbonyl (C=O) groups is 2. The molecule has 2 aliphatic rings. The highest BCUT2D eigenvalue weighted by molar-refractivity contribution is 8.00. The van der Waals surface area contributed by atoms with Gasteiger partial charge in [-0.1, -0.05) is 18.7 Å². The van der Waals surface area contributed by atoms with Crippen molar-refractivity contribution in [1.29, 1.82) is 0 Å². The summed E-state index contributed by atoms with van der Waals surface area (Å²) in [5, 5.41) is 1.95. The van der Waals surface area contributed by atoms with Crippen LogP contribution in [0.15, 0.2) is 9.72 Å². The van der Waals surface area contributed by atoms with Gasteiger partial charge in [0, 0.05) is 25.4 Å². The fourth-order valence-electron chi connectivity index (χ4n) is 2.89. The molecular weight excluding hydrogens is 322 g/mol. The zero-order valence-corrected chi connectivity index (χ0v) is 14.3. The van der Waals surface area contributed by atoms with E-state index in [2.05, 4.69) is 11.9 Å². The third-order valence-corrected chi connectivity index (χ3v) is 5.89. The SMILES string of the molecule is CCSc1nc(CC(=O)N2CC[C@]3(CN(C)C(=O)O3)C2)cs1. The van der Waals surface area contributed by atoms with E-state index in [1.165, 1.54) is 0 Å². The number of thiazole rings is 1. The number of likely N-dealkylation sites (tertiary alicyclic amines) is 1. The van der Waals surface area contributed by atoms with Crippen LogP contribution in [0.4, 0.5) is 4.79 Å². The molecule has 0 saturated carbocycles. The molecule has 1 spiro atoms. The van der Waals surface area contributed by atoms with Gasteiger partial charge >= 0.3 is 6.09 Å². The van der Waals surface area contributed by atoms with Gasteiger partial charge in [0.05, 0.1) is 25.2 Å². The predicted molar refractivity (Wildman–Crippen MR) is 85.3 cm³/mol. The number of hydrogen-bond donors (Lipinski definition) is 0. The Morgan fingerprint density at radius 2 is 2.36 bits per heavy atom. The van der Waals surface area contributed by atoms with Crippen LogP contribution in [0, 0.1) is 0 Å². The molecule has 0 aromatic carbocycles. The average molecular weight is 341 g/mol. The molecule has 2 aliphatic heterocycles. The average Bonchev–Trinajstić information content (AvgIpc) is 3.13. The van der Waals surface area contributed by atoms with Crippen LogP contribution >= 0.6 is 23.1 Å². The number of carbonyl (C=O) groups excluding carboxylic acids is 2. The molecule has 1 aromatic heterocycles. The number of nitrogens with zero attached hydrogens (tertiary/aromatic N) is 3. The lowest BCUT2D eigenvalue weighted by molar-refractivity contribution is -0.130. The van der Waals surface area contributed by atoms with Crippen molar-refractivity contribution in [2.75, 3.05) is 32.4 Å². The van der Waals surface area contributed by atoms with Gasteiger partial charge in [0.25, 0.3) is 0 Å². The molecule has 8 heteroatoms. The van der Waals surface area contributed by atoms with Crippen LogP contribution in [0.1, 0.15) is 19.0 Å². The molecule has 6 nitrogen and oxygen atoms in total. The van der Waals surface area contributed by atoms with Gasteiger partial charge in [0.1, 0.15) is 4.34 Å². The minimum absolute atomic E-state index is 0.0563. The number of rotatable bonds is 4. The van der Waals surface area contributed by atoms with E-state index in [1.807, 2.05) is 5.38 Å². The second-order valence-electron chi connectivity index (χ2n) is 5.69. The molecule has 2 fully saturated rings. The van der Waals surface area contributed by atoms with E-state index >= 15 is 0 Å². The van der Waals surface area contributed by atoms with Gasteiger partial charge in [-0.05, 0) is 5.75 Å². The van der Waals surface area contributed by atoms with E-state index in [4.69, 9.17) is 4.74 Å². The molecule has 120 valence electrons. The number of hydrogen-bond acceptors (Lipinski definition) is 6. The zero-order chi connectivity index (χ0) is 15.7. The van der Waals surface area contributed by atoms with Gasteiger partial charge in [-0.3, -0.25) is 4.79 Å². The Kier molecular flexibility index (Phi) is 4.31. The summed E-state index contributed by atoms with van der Waals surface area (Å²) in [5.74, 6) is 1.04. The molecule has 0 aliphatic carbocycles. The molecule has 2 saturated heterocycles. The molecule has 1 aromatic rings. The monoisotopic (exact) mass is 341 g/mol. The maximum absolute atomic E-state index is 12.4. The van der Waals surface area contributed by atoms with Crippen LogP contribution < -0.4 is 0 Å². The van der Waals surface area contributed by atoms with Gasteiger partial charge < -0.3 is 14.5 Å². The summed E-state index contributed by atoms with van der Waals surface area (Å²) in [6.45, 7) is 3.77. The first kappa shape index (κ1) is 15.6. The molecular formula is C14H19N3O3S2. The van der Waals surface area contributed by atoms with Crippen molar-refractivity contribution in [3.05, 3.63) is 11.1 Å². The molecule has 0 radical (unpaired) electrons. The van der Waals surface area contributed by atoms with Crippen LogP contribution in [0.3, 0.4) is 0 Å². The van der Waals surface area contributed by atoms with E-state index in [1.54, 1.807) is 39.9 Å². The van der Waals surface area contributed by atoms with Gasteiger partial charge in [-0.25, -0.2) is 9.78 Å². The predicted octanol–water partition coefficient (Wildman–Crippen LogP) is 1.85. The Morgan fingerprint density at radius 1 is 1.55 bits per heavy atom. The molecule has 3 heterocycles. The third kappa shape index (κ3) is 3.08. The van der Waals surface area contributed by atoms with Crippen molar-refractivity contribution in [2.45, 2.75) is 29.7 Å². The Labute approximate surface area is 137 Å². The number of likely N-dealkylation sites (N-methyl/N-ethyl adjacent to an activating group) is 1. The summed E-state index contributed by atoms with van der Waals surface area (Å²) >= 11 is 3.27. The van der Waals surface area contributed by atoms with Gasteiger partial charge in [-0.2, -0.15) is 0 Å². The Bertz CT molecular complexity index is 592. The molecule has 0 bridgehead atoms. The summed E-state index contributed by atoms with van der Waals surface area (Å²) in [6.07, 6.45) is 0.735. The minimum Gasteiger partial charge on any atom is -0.439 e. The molecule has 0 N–H and O–H groups in total. The standard InChI is InChI=1S/C14H19N3O3S2/c1-3-21-12-15-10(7-22-12)6-11(18)17-5-4-14(9-17)8-16(2)13(19)20-14/h7H,3-6,8-9H2,1-2H3/t14-/m0/s1. The molecule has 3 rings (SSSR count). The van der Waals surface area contributed by atoms with Crippen LogP contribution in [0.25, 0.3) is 0 Å². The Morgan fingerprint density at radius 3 is 3.05 bits per heavy atom. The van der Waals surface area contributed by atoms with Gasteiger partial charge in [0.2, 0.25) is 5.91 Å². The van der Waals surface area contributed by atoms with Crippen LogP contribution in [0.2, 0.25) is 0 Å².